The van der Waals surface area contributed by atoms with Crippen LogP contribution in [0, 0.1) is 13.8 Å². The zero-order chi connectivity index (χ0) is 16.4. The van der Waals surface area contributed by atoms with Crippen molar-refractivity contribution in [2.45, 2.75) is 25.2 Å². The SMILES string of the molecule is COc1ccc(SCC2=Nc3c(ccc(C)c3C)C(=O)C2)cc1. The largest absolute Gasteiger partial charge is 0.497 e. The number of Topliss-reactive ketones (excluding diaryl/α,β-unsaturated/α-hetero) is 1. The van der Waals surface area contributed by atoms with Crippen LogP contribution in [0.4, 0.5) is 5.69 Å². The lowest BCUT2D eigenvalue weighted by Gasteiger charge is -2.17. The van der Waals surface area contributed by atoms with Crippen LogP contribution in [0.15, 0.2) is 46.3 Å². The van der Waals surface area contributed by atoms with Crippen LogP contribution in [0.25, 0.3) is 0 Å². The second-order valence-corrected chi connectivity index (χ2v) is 6.69. The molecule has 3 nitrogen and oxygen atoms in total. The molecular weight excluding hydrogens is 306 g/mol. The topological polar surface area (TPSA) is 38.7 Å². The van der Waals surface area contributed by atoms with Crippen molar-refractivity contribution in [1.82, 2.24) is 0 Å². The van der Waals surface area contributed by atoms with E-state index in [1.165, 1.54) is 5.56 Å². The van der Waals surface area contributed by atoms with Gasteiger partial charge in [0, 0.05) is 21.9 Å². The number of aryl methyl sites for hydroxylation is 1. The van der Waals surface area contributed by atoms with Crippen molar-refractivity contribution in [2.75, 3.05) is 12.9 Å². The average molecular weight is 325 g/mol. The van der Waals surface area contributed by atoms with Crippen LogP contribution in [-0.2, 0) is 0 Å². The zero-order valence-corrected chi connectivity index (χ0v) is 14.4. The molecule has 0 unspecified atom stereocenters. The van der Waals surface area contributed by atoms with Crippen molar-refractivity contribution in [3.63, 3.8) is 0 Å². The lowest BCUT2D eigenvalue weighted by Crippen LogP contribution is -2.16. The van der Waals surface area contributed by atoms with E-state index in [9.17, 15) is 4.79 Å². The highest BCUT2D eigenvalue weighted by Crippen LogP contribution is 2.33. The maximum Gasteiger partial charge on any atom is 0.170 e. The molecule has 0 spiro atoms. The van der Waals surface area contributed by atoms with Gasteiger partial charge < -0.3 is 4.74 Å². The van der Waals surface area contributed by atoms with Gasteiger partial charge >= 0.3 is 0 Å². The van der Waals surface area contributed by atoms with E-state index in [1.54, 1.807) is 18.9 Å². The summed E-state index contributed by atoms with van der Waals surface area (Å²) in [5.41, 5.74) is 4.82. The minimum absolute atomic E-state index is 0.170. The number of fused-ring (bicyclic) bond motifs is 1. The molecule has 1 aliphatic heterocycles. The molecule has 3 rings (SSSR count). The standard InChI is InChI=1S/C19H19NO2S/c1-12-4-9-17-18(21)10-14(20-19(17)13(12)2)11-23-16-7-5-15(22-3)6-8-16/h4-9H,10-11H2,1-3H3. The predicted molar refractivity (Wildman–Crippen MR) is 95.7 cm³/mol. The maximum atomic E-state index is 12.3. The van der Waals surface area contributed by atoms with Crippen molar-refractivity contribution >= 4 is 28.9 Å². The van der Waals surface area contributed by atoms with Crippen LogP contribution in [0.2, 0.25) is 0 Å². The molecule has 0 atom stereocenters. The van der Waals surface area contributed by atoms with Crippen LogP contribution in [0.5, 0.6) is 5.75 Å². The fraction of sp³-hybridized carbons (Fsp3) is 0.263. The molecule has 0 fully saturated rings. The lowest BCUT2D eigenvalue weighted by atomic mass is 9.95. The lowest BCUT2D eigenvalue weighted by molar-refractivity contribution is 0.0999. The van der Waals surface area contributed by atoms with E-state index in [-0.39, 0.29) is 5.78 Å². The first-order chi connectivity index (χ1) is 11.1. The summed E-state index contributed by atoms with van der Waals surface area (Å²) < 4.78 is 5.16. The van der Waals surface area contributed by atoms with Gasteiger partial charge in [0.25, 0.3) is 0 Å². The zero-order valence-electron chi connectivity index (χ0n) is 13.6. The summed E-state index contributed by atoms with van der Waals surface area (Å²) in [7, 11) is 1.66. The van der Waals surface area contributed by atoms with Crippen molar-refractivity contribution in [3.05, 3.63) is 53.1 Å². The summed E-state index contributed by atoms with van der Waals surface area (Å²) in [5, 5.41) is 0. The number of hydrogen-bond donors (Lipinski definition) is 0. The third-order valence-electron chi connectivity index (χ3n) is 4.10. The van der Waals surface area contributed by atoms with E-state index >= 15 is 0 Å². The number of carbonyl (C=O) groups is 1. The van der Waals surface area contributed by atoms with E-state index in [2.05, 4.69) is 6.92 Å². The van der Waals surface area contributed by atoms with Gasteiger partial charge in [-0.2, -0.15) is 0 Å². The first kappa shape index (κ1) is 15.8. The van der Waals surface area contributed by atoms with Crippen molar-refractivity contribution in [3.8, 4) is 5.75 Å². The third kappa shape index (κ3) is 3.32. The van der Waals surface area contributed by atoms with E-state index < -0.39 is 0 Å². The molecular formula is C19H19NO2S. The highest BCUT2D eigenvalue weighted by molar-refractivity contribution is 8.00. The van der Waals surface area contributed by atoms with Gasteiger partial charge in [0.2, 0.25) is 0 Å². The summed E-state index contributed by atoms with van der Waals surface area (Å²) in [6, 6.07) is 11.8. The highest BCUT2D eigenvalue weighted by Gasteiger charge is 2.21. The van der Waals surface area contributed by atoms with Gasteiger partial charge in [-0.3, -0.25) is 9.79 Å². The molecule has 4 heteroatoms. The van der Waals surface area contributed by atoms with Gasteiger partial charge in [0.15, 0.2) is 5.78 Å². The molecule has 2 aromatic carbocycles. The number of thioether (sulfide) groups is 1. The number of rotatable bonds is 4. The summed E-state index contributed by atoms with van der Waals surface area (Å²) >= 11 is 1.69. The predicted octanol–water partition coefficient (Wildman–Crippen LogP) is 4.76. The summed E-state index contributed by atoms with van der Waals surface area (Å²) in [5.74, 6) is 1.74. The van der Waals surface area contributed by atoms with Crippen molar-refractivity contribution < 1.29 is 9.53 Å². The molecule has 118 valence electrons. The monoisotopic (exact) mass is 325 g/mol. The molecule has 23 heavy (non-hydrogen) atoms. The Morgan fingerprint density at radius 3 is 2.57 bits per heavy atom. The maximum absolute atomic E-state index is 12.3. The fourth-order valence-electron chi connectivity index (χ4n) is 2.57. The molecule has 0 saturated carbocycles. The number of nitrogens with zero attached hydrogens (tertiary/aromatic N) is 1. The Bertz CT molecular complexity index is 779. The van der Waals surface area contributed by atoms with Gasteiger partial charge in [-0.1, -0.05) is 6.07 Å². The Hall–Kier alpha value is -2.07. The molecule has 0 bridgehead atoms. The molecule has 0 amide bonds. The quantitative estimate of drug-likeness (QED) is 0.761. The van der Waals surface area contributed by atoms with Crippen LogP contribution < -0.4 is 4.74 Å². The van der Waals surface area contributed by atoms with Crippen LogP contribution in [0.3, 0.4) is 0 Å². The van der Waals surface area contributed by atoms with E-state index in [1.807, 2.05) is 43.3 Å². The molecule has 0 aromatic heterocycles. The smallest absolute Gasteiger partial charge is 0.170 e. The normalized spacial score (nSPS) is 13.5. The van der Waals surface area contributed by atoms with Crippen molar-refractivity contribution in [2.24, 2.45) is 4.99 Å². The first-order valence-electron chi connectivity index (χ1n) is 7.55. The van der Waals surface area contributed by atoms with Gasteiger partial charge in [0.05, 0.1) is 19.2 Å². The number of hydrogen-bond acceptors (Lipinski definition) is 4. The Morgan fingerprint density at radius 1 is 1.13 bits per heavy atom. The summed E-state index contributed by atoms with van der Waals surface area (Å²) in [6.07, 6.45) is 0.415. The molecule has 0 radical (unpaired) electrons. The Balaban J connectivity index is 1.79. The number of ether oxygens (including phenoxy) is 1. The van der Waals surface area contributed by atoms with Crippen LogP contribution in [0.1, 0.15) is 27.9 Å². The molecule has 0 saturated heterocycles. The first-order valence-corrected chi connectivity index (χ1v) is 8.53. The number of benzene rings is 2. The summed E-state index contributed by atoms with van der Waals surface area (Å²) in [4.78, 5) is 18.2. The highest BCUT2D eigenvalue weighted by atomic mass is 32.2. The van der Waals surface area contributed by atoms with Gasteiger partial charge in [0.1, 0.15) is 5.75 Å². The van der Waals surface area contributed by atoms with Gasteiger partial charge in [-0.15, -0.1) is 11.8 Å². The minimum atomic E-state index is 0.170. The van der Waals surface area contributed by atoms with Crippen molar-refractivity contribution in [1.29, 1.82) is 0 Å². The Labute approximate surface area is 140 Å². The third-order valence-corrected chi connectivity index (χ3v) is 5.18. The molecule has 2 aromatic rings. The number of aliphatic imine (C=N–C) groups is 1. The number of methoxy groups -OCH3 is 1. The molecule has 1 aliphatic rings. The van der Waals surface area contributed by atoms with Crippen LogP contribution >= 0.6 is 11.8 Å². The van der Waals surface area contributed by atoms with E-state index in [0.29, 0.717) is 6.42 Å². The van der Waals surface area contributed by atoms with Crippen LogP contribution in [-0.4, -0.2) is 24.4 Å². The number of carbonyl (C=O) groups excluding carboxylic acids is 1. The van der Waals surface area contributed by atoms with E-state index in [0.717, 1.165) is 38.9 Å². The Morgan fingerprint density at radius 2 is 1.87 bits per heavy atom. The molecule has 1 heterocycles. The van der Waals surface area contributed by atoms with Gasteiger partial charge in [-0.05, 0) is 55.3 Å². The van der Waals surface area contributed by atoms with E-state index in [4.69, 9.17) is 9.73 Å². The second-order valence-electron chi connectivity index (χ2n) is 5.65. The second kappa shape index (κ2) is 6.59. The average Bonchev–Trinajstić information content (AvgIpc) is 2.57. The Kier molecular flexibility index (Phi) is 4.53. The number of ketones is 1. The van der Waals surface area contributed by atoms with Gasteiger partial charge in [-0.25, -0.2) is 0 Å². The molecule has 0 aliphatic carbocycles. The summed E-state index contributed by atoms with van der Waals surface area (Å²) in [6.45, 7) is 4.08. The minimum Gasteiger partial charge on any atom is -0.497 e. The molecule has 0 N–H and O–H groups in total. The fourth-order valence-corrected chi connectivity index (χ4v) is 3.40.